The van der Waals surface area contributed by atoms with Gasteiger partial charge in [0.1, 0.15) is 0 Å². The number of benzene rings is 1. The molecule has 0 saturated heterocycles. The minimum absolute atomic E-state index is 0.121. The molecule has 0 radical (unpaired) electrons. The van der Waals surface area contributed by atoms with E-state index in [9.17, 15) is 4.79 Å². The number of carbonyl (C=O) groups excluding carboxylic acids is 1. The Bertz CT molecular complexity index is 413. The fourth-order valence-electron chi connectivity index (χ4n) is 2.25. The molecule has 0 aromatic heterocycles. The second-order valence-electron chi connectivity index (χ2n) is 5.94. The van der Waals surface area contributed by atoms with Gasteiger partial charge in [0, 0.05) is 13.1 Å². The van der Waals surface area contributed by atoms with Crippen LogP contribution in [0.3, 0.4) is 0 Å². The van der Waals surface area contributed by atoms with Gasteiger partial charge in [0.05, 0.1) is 11.9 Å². The predicted molar refractivity (Wildman–Crippen MR) is 101 cm³/mol. The molecule has 0 aliphatic carbocycles. The van der Waals surface area contributed by atoms with Gasteiger partial charge in [-0.2, -0.15) is 0 Å². The summed E-state index contributed by atoms with van der Waals surface area (Å²) >= 11 is 9.53. The molecule has 1 amide bonds. The minimum Gasteiger partial charge on any atom is -0.354 e. The lowest BCUT2D eigenvalue weighted by atomic mass is 10.0. The van der Waals surface area contributed by atoms with Gasteiger partial charge in [0.15, 0.2) is 0 Å². The van der Waals surface area contributed by atoms with E-state index in [2.05, 4.69) is 50.0 Å². The molecule has 1 N–H and O–H groups in total. The monoisotopic (exact) mass is 360 g/mol. The molecule has 1 aromatic rings. The number of amides is 1. The number of nitrogens with one attached hydrogen (secondary N) is 1. The second-order valence-corrected chi connectivity index (χ2v) is 6.75. The SMILES string of the molecule is CCN(CC(=O)NCC(C)c1ccccc1)CC(C)C.ClCCl. The van der Waals surface area contributed by atoms with Crippen molar-refractivity contribution in [2.24, 2.45) is 5.92 Å². The zero-order valence-corrected chi connectivity index (χ0v) is 16.2. The smallest absolute Gasteiger partial charge is 0.234 e. The third-order valence-corrected chi connectivity index (χ3v) is 3.41. The molecule has 23 heavy (non-hydrogen) atoms. The number of likely N-dealkylation sites (N-methyl/N-ethyl adjacent to an activating group) is 1. The van der Waals surface area contributed by atoms with Crippen LogP contribution in [0.25, 0.3) is 0 Å². The maximum atomic E-state index is 12.0. The number of rotatable bonds is 8. The van der Waals surface area contributed by atoms with Crippen LogP contribution in [0.1, 0.15) is 39.2 Å². The Morgan fingerprint density at radius 1 is 1.17 bits per heavy atom. The topological polar surface area (TPSA) is 32.3 Å². The van der Waals surface area contributed by atoms with Crippen molar-refractivity contribution < 1.29 is 4.79 Å². The Hall–Kier alpha value is -0.770. The summed E-state index contributed by atoms with van der Waals surface area (Å²) in [6.07, 6.45) is 0. The van der Waals surface area contributed by atoms with Crippen molar-refractivity contribution in [2.45, 2.75) is 33.6 Å². The molecule has 1 atom stereocenters. The maximum Gasteiger partial charge on any atom is 0.234 e. The van der Waals surface area contributed by atoms with Gasteiger partial charge in [-0.3, -0.25) is 9.69 Å². The van der Waals surface area contributed by atoms with Crippen LogP contribution in [0.15, 0.2) is 30.3 Å². The summed E-state index contributed by atoms with van der Waals surface area (Å²) in [6, 6.07) is 10.3. The van der Waals surface area contributed by atoms with Gasteiger partial charge in [0.25, 0.3) is 0 Å². The number of hydrogen-bond acceptors (Lipinski definition) is 2. The van der Waals surface area contributed by atoms with Gasteiger partial charge in [-0.25, -0.2) is 0 Å². The highest BCUT2D eigenvalue weighted by Gasteiger charge is 2.12. The zero-order valence-electron chi connectivity index (χ0n) is 14.7. The number of hydrogen-bond donors (Lipinski definition) is 1. The summed E-state index contributed by atoms with van der Waals surface area (Å²) in [5, 5.41) is 3.23. The van der Waals surface area contributed by atoms with Gasteiger partial charge in [-0.05, 0) is 23.9 Å². The third kappa shape index (κ3) is 11.4. The Kier molecular flexibility index (Phi) is 13.2. The van der Waals surface area contributed by atoms with Crippen LogP contribution in [0.4, 0.5) is 0 Å². The molecule has 1 unspecified atom stereocenters. The molecule has 0 bridgehead atoms. The summed E-state index contributed by atoms with van der Waals surface area (Å²) in [4.78, 5) is 14.2. The van der Waals surface area contributed by atoms with Crippen LogP contribution in [0, 0.1) is 5.92 Å². The molecular weight excluding hydrogens is 331 g/mol. The fourth-order valence-corrected chi connectivity index (χ4v) is 2.25. The summed E-state index contributed by atoms with van der Waals surface area (Å²) < 4.78 is 0. The highest BCUT2D eigenvalue weighted by atomic mass is 35.5. The van der Waals surface area contributed by atoms with Crippen molar-refractivity contribution in [3.8, 4) is 0 Å². The van der Waals surface area contributed by atoms with E-state index in [1.807, 2.05) is 18.2 Å². The molecule has 0 aliphatic heterocycles. The van der Waals surface area contributed by atoms with Crippen LogP contribution >= 0.6 is 23.2 Å². The lowest BCUT2D eigenvalue weighted by molar-refractivity contribution is -0.122. The van der Waals surface area contributed by atoms with Crippen molar-refractivity contribution in [3.05, 3.63) is 35.9 Å². The molecule has 5 heteroatoms. The largest absolute Gasteiger partial charge is 0.354 e. The van der Waals surface area contributed by atoms with E-state index in [-0.39, 0.29) is 11.2 Å². The number of halogens is 2. The van der Waals surface area contributed by atoms with E-state index in [4.69, 9.17) is 23.2 Å². The summed E-state index contributed by atoms with van der Waals surface area (Å²) in [5.41, 5.74) is 1.27. The summed E-state index contributed by atoms with van der Waals surface area (Å²) in [5.74, 6) is 1.06. The standard InChI is InChI=1S/C17H28N2O.CH2Cl2/c1-5-19(12-14(2)3)13-17(20)18-11-15(4)16-9-7-6-8-10-16;2-1-3/h6-10,14-15H,5,11-13H2,1-4H3,(H,18,20);1H2. The lowest BCUT2D eigenvalue weighted by Gasteiger charge is -2.22. The number of nitrogens with zero attached hydrogens (tertiary/aromatic N) is 1. The third-order valence-electron chi connectivity index (χ3n) is 3.41. The van der Waals surface area contributed by atoms with E-state index in [1.54, 1.807) is 0 Å². The van der Waals surface area contributed by atoms with Gasteiger partial charge in [-0.1, -0.05) is 58.0 Å². The van der Waals surface area contributed by atoms with Crippen LogP contribution in [0.2, 0.25) is 0 Å². The Morgan fingerprint density at radius 3 is 2.22 bits per heavy atom. The molecular formula is C18H30Cl2N2O. The first-order chi connectivity index (χ1) is 10.9. The zero-order chi connectivity index (χ0) is 17.7. The Labute approximate surface area is 151 Å². The van der Waals surface area contributed by atoms with Crippen LogP contribution in [-0.2, 0) is 4.79 Å². The minimum atomic E-state index is 0.121. The van der Waals surface area contributed by atoms with Crippen LogP contribution in [-0.4, -0.2) is 42.3 Å². The second kappa shape index (κ2) is 13.6. The van der Waals surface area contributed by atoms with E-state index in [0.29, 0.717) is 24.9 Å². The molecule has 132 valence electrons. The van der Waals surface area contributed by atoms with E-state index < -0.39 is 0 Å². The van der Waals surface area contributed by atoms with Gasteiger partial charge in [0.2, 0.25) is 5.91 Å². The first kappa shape index (κ1) is 22.2. The average molecular weight is 361 g/mol. The van der Waals surface area contributed by atoms with Crippen molar-refractivity contribution in [3.63, 3.8) is 0 Å². The quantitative estimate of drug-likeness (QED) is 0.700. The molecule has 0 spiro atoms. The summed E-state index contributed by atoms with van der Waals surface area (Å²) in [7, 11) is 0. The lowest BCUT2D eigenvalue weighted by Crippen LogP contribution is -2.39. The van der Waals surface area contributed by atoms with Gasteiger partial charge >= 0.3 is 0 Å². The summed E-state index contributed by atoms with van der Waals surface area (Å²) in [6.45, 7) is 11.7. The Balaban J connectivity index is 0.00000149. The normalized spacial score (nSPS) is 11.8. The van der Waals surface area contributed by atoms with Crippen molar-refractivity contribution in [2.75, 3.05) is 31.5 Å². The average Bonchev–Trinajstić information content (AvgIpc) is 2.53. The van der Waals surface area contributed by atoms with Gasteiger partial charge < -0.3 is 5.32 Å². The molecule has 1 rings (SSSR count). The molecule has 3 nitrogen and oxygen atoms in total. The molecule has 0 saturated carbocycles. The molecule has 0 heterocycles. The van der Waals surface area contributed by atoms with Crippen molar-refractivity contribution in [1.82, 2.24) is 10.2 Å². The maximum absolute atomic E-state index is 12.0. The highest BCUT2D eigenvalue weighted by molar-refractivity contribution is 6.40. The van der Waals surface area contributed by atoms with E-state index in [0.717, 1.165) is 13.1 Å². The molecule has 0 fully saturated rings. The van der Waals surface area contributed by atoms with Crippen LogP contribution < -0.4 is 5.32 Å². The fraction of sp³-hybridized carbons (Fsp3) is 0.611. The van der Waals surface area contributed by atoms with E-state index in [1.165, 1.54) is 5.56 Å². The molecule has 0 aliphatic rings. The van der Waals surface area contributed by atoms with Crippen molar-refractivity contribution in [1.29, 1.82) is 0 Å². The van der Waals surface area contributed by atoms with E-state index >= 15 is 0 Å². The first-order valence-electron chi connectivity index (χ1n) is 8.10. The highest BCUT2D eigenvalue weighted by Crippen LogP contribution is 2.12. The number of carbonyl (C=O) groups is 1. The predicted octanol–water partition coefficient (Wildman–Crippen LogP) is 4.31. The van der Waals surface area contributed by atoms with Gasteiger partial charge in [-0.15, -0.1) is 23.2 Å². The Morgan fingerprint density at radius 2 is 1.74 bits per heavy atom. The molecule has 1 aromatic carbocycles. The first-order valence-corrected chi connectivity index (χ1v) is 9.17. The number of alkyl halides is 2. The van der Waals surface area contributed by atoms with Crippen molar-refractivity contribution >= 4 is 29.1 Å². The van der Waals surface area contributed by atoms with Crippen LogP contribution in [0.5, 0.6) is 0 Å².